The van der Waals surface area contributed by atoms with Crippen molar-refractivity contribution in [3.63, 3.8) is 0 Å². The molecule has 9 aromatic carbocycles. The molecule has 0 atom stereocenters. The molecule has 266 valence electrons. The Bertz CT molecular complexity index is 2880. The number of benzene rings is 9. The molecule has 1 nitrogen and oxygen atoms in total. The van der Waals surface area contributed by atoms with E-state index in [1.165, 1.54) is 77.5 Å². The molecule has 0 spiro atoms. The highest BCUT2D eigenvalue weighted by Crippen LogP contribution is 2.51. The molecule has 9 aromatic rings. The minimum atomic E-state index is -0.109. The van der Waals surface area contributed by atoms with Crippen molar-refractivity contribution in [2.24, 2.45) is 0 Å². The first-order valence-electron chi connectivity index (χ1n) is 19.5. The fourth-order valence-corrected chi connectivity index (χ4v) is 8.84. The summed E-state index contributed by atoms with van der Waals surface area (Å²) in [6.45, 7) is 4.71. The Labute approximate surface area is 329 Å². The second kappa shape index (κ2) is 13.7. The van der Waals surface area contributed by atoms with Gasteiger partial charge in [0.1, 0.15) is 0 Å². The molecule has 0 bridgehead atoms. The van der Waals surface area contributed by atoms with Gasteiger partial charge >= 0.3 is 0 Å². The van der Waals surface area contributed by atoms with Crippen LogP contribution in [0, 0.1) is 0 Å². The molecule has 0 radical (unpaired) electrons. The molecule has 0 unspecified atom stereocenters. The van der Waals surface area contributed by atoms with Gasteiger partial charge in [0, 0.05) is 22.5 Å². The third kappa shape index (κ3) is 5.81. The van der Waals surface area contributed by atoms with Gasteiger partial charge in [-0.2, -0.15) is 0 Å². The van der Waals surface area contributed by atoms with Gasteiger partial charge in [0.05, 0.1) is 0 Å². The molecule has 10 rings (SSSR count). The summed E-state index contributed by atoms with van der Waals surface area (Å²) in [5, 5.41) is 2.52. The topological polar surface area (TPSA) is 3.24 Å². The molecule has 1 aliphatic carbocycles. The predicted octanol–water partition coefficient (Wildman–Crippen LogP) is 15.3. The lowest BCUT2D eigenvalue weighted by molar-refractivity contribution is 0.660. The van der Waals surface area contributed by atoms with Gasteiger partial charge < -0.3 is 4.90 Å². The summed E-state index contributed by atoms with van der Waals surface area (Å²) in [6.07, 6.45) is 0. The molecule has 0 aromatic heterocycles. The normalized spacial score (nSPS) is 12.6. The molecule has 0 saturated carbocycles. The maximum Gasteiger partial charge on any atom is 0.0467 e. The van der Waals surface area contributed by atoms with E-state index >= 15 is 0 Å². The first-order chi connectivity index (χ1) is 27.5. The summed E-state index contributed by atoms with van der Waals surface area (Å²) in [5.41, 5.74) is 18.4. The standard InChI is InChI=1S/C55H41N/c1-55(2)53-28-11-10-26-51(53)52-34-33-46(37-54(52)55)56(44-31-29-40(30-32-44)49-25-9-8-24-47(49)38-15-4-3-5-16-38)45-22-13-20-42(36-45)41-19-12-21-43(35-41)50-27-14-18-39-17-6-7-23-48(39)50/h3-37H,1-2H3. The van der Waals surface area contributed by atoms with Gasteiger partial charge in [0.15, 0.2) is 0 Å². The summed E-state index contributed by atoms with van der Waals surface area (Å²) >= 11 is 0. The van der Waals surface area contributed by atoms with Crippen LogP contribution in [0.2, 0.25) is 0 Å². The molecule has 0 amide bonds. The van der Waals surface area contributed by atoms with Crippen molar-refractivity contribution in [2.45, 2.75) is 19.3 Å². The Morgan fingerprint density at radius 1 is 0.304 bits per heavy atom. The summed E-state index contributed by atoms with van der Waals surface area (Å²) in [4.78, 5) is 2.42. The van der Waals surface area contributed by atoms with Crippen molar-refractivity contribution >= 4 is 27.8 Å². The lowest BCUT2D eigenvalue weighted by atomic mass is 9.82. The SMILES string of the molecule is CC1(C)c2ccccc2-c2ccc(N(c3ccc(-c4ccccc4-c4ccccc4)cc3)c3cccc(-c4cccc(-c5cccc6ccccc56)c4)c3)cc21. The number of nitrogens with zero attached hydrogens (tertiary/aromatic N) is 1. The first-order valence-corrected chi connectivity index (χ1v) is 19.5. The summed E-state index contributed by atoms with van der Waals surface area (Å²) in [6, 6.07) is 77.6. The molecular weight excluding hydrogens is 675 g/mol. The van der Waals surface area contributed by atoms with Crippen LogP contribution in [0.3, 0.4) is 0 Å². The van der Waals surface area contributed by atoms with Gasteiger partial charge in [0.25, 0.3) is 0 Å². The Morgan fingerprint density at radius 3 is 1.62 bits per heavy atom. The molecule has 56 heavy (non-hydrogen) atoms. The van der Waals surface area contributed by atoms with E-state index in [0.29, 0.717) is 0 Å². The average molecular weight is 716 g/mol. The van der Waals surface area contributed by atoms with Gasteiger partial charge in [-0.05, 0) is 120 Å². The van der Waals surface area contributed by atoms with Gasteiger partial charge in [0.2, 0.25) is 0 Å². The maximum absolute atomic E-state index is 2.42. The van der Waals surface area contributed by atoms with E-state index in [9.17, 15) is 0 Å². The van der Waals surface area contributed by atoms with Crippen LogP contribution in [-0.2, 0) is 5.41 Å². The van der Waals surface area contributed by atoms with Crippen LogP contribution in [-0.4, -0.2) is 0 Å². The molecule has 0 heterocycles. The smallest absolute Gasteiger partial charge is 0.0467 e. The van der Waals surface area contributed by atoms with E-state index in [1.807, 2.05) is 0 Å². The van der Waals surface area contributed by atoms with Crippen molar-refractivity contribution in [1.29, 1.82) is 0 Å². The number of anilines is 3. The minimum Gasteiger partial charge on any atom is -0.310 e. The highest BCUT2D eigenvalue weighted by Gasteiger charge is 2.35. The van der Waals surface area contributed by atoms with Crippen molar-refractivity contribution in [1.82, 2.24) is 0 Å². The van der Waals surface area contributed by atoms with Gasteiger partial charge in [-0.15, -0.1) is 0 Å². The van der Waals surface area contributed by atoms with Crippen LogP contribution in [0.25, 0.3) is 66.4 Å². The fourth-order valence-electron chi connectivity index (χ4n) is 8.84. The summed E-state index contributed by atoms with van der Waals surface area (Å²) in [5.74, 6) is 0. The zero-order valence-electron chi connectivity index (χ0n) is 31.7. The van der Waals surface area contributed by atoms with Gasteiger partial charge in [-0.25, -0.2) is 0 Å². The van der Waals surface area contributed by atoms with Crippen LogP contribution in [0.4, 0.5) is 17.1 Å². The molecule has 0 fully saturated rings. The van der Waals surface area contributed by atoms with Crippen LogP contribution in [0.15, 0.2) is 212 Å². The van der Waals surface area contributed by atoms with E-state index in [0.717, 1.165) is 17.1 Å². The monoisotopic (exact) mass is 715 g/mol. The van der Waals surface area contributed by atoms with Crippen LogP contribution >= 0.6 is 0 Å². The summed E-state index contributed by atoms with van der Waals surface area (Å²) in [7, 11) is 0. The summed E-state index contributed by atoms with van der Waals surface area (Å²) < 4.78 is 0. The van der Waals surface area contributed by atoms with E-state index in [2.05, 4.69) is 231 Å². The second-order valence-corrected chi connectivity index (χ2v) is 15.4. The van der Waals surface area contributed by atoms with Crippen molar-refractivity contribution in [3.8, 4) is 55.6 Å². The third-order valence-corrected chi connectivity index (χ3v) is 11.7. The number of fused-ring (bicyclic) bond motifs is 4. The van der Waals surface area contributed by atoms with Crippen molar-refractivity contribution in [3.05, 3.63) is 223 Å². The molecule has 1 heteroatoms. The largest absolute Gasteiger partial charge is 0.310 e. The van der Waals surface area contributed by atoms with E-state index in [4.69, 9.17) is 0 Å². The van der Waals surface area contributed by atoms with Gasteiger partial charge in [-0.3, -0.25) is 0 Å². The quantitative estimate of drug-likeness (QED) is 0.159. The second-order valence-electron chi connectivity index (χ2n) is 15.4. The first kappa shape index (κ1) is 33.6. The van der Waals surface area contributed by atoms with E-state index in [-0.39, 0.29) is 5.41 Å². The molecule has 0 saturated heterocycles. The Balaban J connectivity index is 1.09. The zero-order chi connectivity index (χ0) is 37.6. The highest BCUT2D eigenvalue weighted by molar-refractivity contribution is 5.97. The molecule has 1 aliphatic rings. The highest BCUT2D eigenvalue weighted by atomic mass is 15.1. The van der Waals surface area contributed by atoms with Crippen molar-refractivity contribution < 1.29 is 0 Å². The predicted molar refractivity (Wildman–Crippen MR) is 238 cm³/mol. The lowest BCUT2D eigenvalue weighted by Crippen LogP contribution is -2.16. The lowest BCUT2D eigenvalue weighted by Gasteiger charge is -2.28. The van der Waals surface area contributed by atoms with Crippen molar-refractivity contribution in [2.75, 3.05) is 4.90 Å². The molecular formula is C55H41N. The van der Waals surface area contributed by atoms with Gasteiger partial charge in [-0.1, -0.05) is 184 Å². The zero-order valence-corrected chi connectivity index (χ0v) is 31.7. The average Bonchev–Trinajstić information content (AvgIpc) is 3.49. The van der Waals surface area contributed by atoms with Crippen LogP contribution in [0.5, 0.6) is 0 Å². The number of hydrogen-bond donors (Lipinski definition) is 0. The third-order valence-electron chi connectivity index (χ3n) is 11.7. The maximum atomic E-state index is 2.42. The Morgan fingerprint density at radius 2 is 0.821 bits per heavy atom. The van der Waals surface area contributed by atoms with Crippen LogP contribution in [0.1, 0.15) is 25.0 Å². The Kier molecular flexibility index (Phi) is 8.23. The fraction of sp³-hybridized carbons (Fsp3) is 0.0545. The van der Waals surface area contributed by atoms with E-state index < -0.39 is 0 Å². The Hall–Kier alpha value is -6.96. The minimum absolute atomic E-state index is 0.109. The van der Waals surface area contributed by atoms with Crippen LogP contribution < -0.4 is 4.90 Å². The molecule has 0 aliphatic heterocycles. The number of hydrogen-bond acceptors (Lipinski definition) is 1. The van der Waals surface area contributed by atoms with E-state index in [1.54, 1.807) is 0 Å². The number of rotatable bonds is 7. The molecule has 0 N–H and O–H groups in total.